The molecule has 2 amide bonds. The quantitative estimate of drug-likeness (QED) is 0.330. The molecule has 0 radical (unpaired) electrons. The second kappa shape index (κ2) is 10.5. The fourth-order valence-electron chi connectivity index (χ4n) is 4.51. The predicted molar refractivity (Wildman–Crippen MR) is 147 cm³/mol. The zero-order valence-corrected chi connectivity index (χ0v) is 22.9. The average molecular weight is 556 g/mol. The maximum absolute atomic E-state index is 13.7. The molecule has 1 aromatic heterocycles. The van der Waals surface area contributed by atoms with Gasteiger partial charge in [0.2, 0.25) is 0 Å². The van der Waals surface area contributed by atoms with Crippen LogP contribution in [0.2, 0.25) is 0 Å². The summed E-state index contributed by atoms with van der Waals surface area (Å²) in [6, 6.07) is 14.7. The Morgan fingerprint density at radius 2 is 1.77 bits per heavy atom. The van der Waals surface area contributed by atoms with Gasteiger partial charge in [0.25, 0.3) is 11.8 Å². The molecular formula is C28H31BrN2O3S. The molecule has 1 unspecified atom stereocenters. The standard InChI is InChI=1S/C28H31BrN2O3S/c1-5-34-22-13-9-8-12-21(22)30-26(33)24-19-15-14-17(28(2,3)4)16-23(19)35-27(24)31-25(32)18-10-6-7-11-20(18)29/h6-13,17H,5,14-16H2,1-4H3,(H,30,33)(H,31,32). The second-order valence-electron chi connectivity index (χ2n) is 9.83. The zero-order chi connectivity index (χ0) is 25.2. The lowest BCUT2D eigenvalue weighted by atomic mass is 9.72. The molecule has 4 rings (SSSR count). The number of ether oxygens (including phenoxy) is 1. The summed E-state index contributed by atoms with van der Waals surface area (Å²) >= 11 is 4.99. The topological polar surface area (TPSA) is 67.4 Å². The smallest absolute Gasteiger partial charge is 0.259 e. The maximum atomic E-state index is 13.7. The van der Waals surface area contributed by atoms with E-state index in [-0.39, 0.29) is 17.2 Å². The van der Waals surface area contributed by atoms with Crippen molar-refractivity contribution in [3.63, 3.8) is 0 Å². The first-order valence-corrected chi connectivity index (χ1v) is 13.5. The first kappa shape index (κ1) is 25.5. The van der Waals surface area contributed by atoms with Gasteiger partial charge in [0.15, 0.2) is 0 Å². The Labute approximate surface area is 219 Å². The van der Waals surface area contributed by atoms with E-state index < -0.39 is 0 Å². The van der Waals surface area contributed by atoms with E-state index >= 15 is 0 Å². The first-order chi connectivity index (χ1) is 16.7. The van der Waals surface area contributed by atoms with Gasteiger partial charge in [-0.2, -0.15) is 0 Å². The third-order valence-electron chi connectivity index (χ3n) is 6.50. The molecule has 0 bridgehead atoms. The highest BCUT2D eigenvalue weighted by Gasteiger charge is 2.34. The lowest BCUT2D eigenvalue weighted by molar-refractivity contribution is 0.102. The van der Waals surface area contributed by atoms with Crippen LogP contribution in [-0.4, -0.2) is 18.4 Å². The number of benzene rings is 2. The van der Waals surface area contributed by atoms with Crippen LogP contribution in [-0.2, 0) is 12.8 Å². The monoisotopic (exact) mass is 554 g/mol. The number of para-hydroxylation sites is 2. The molecule has 1 heterocycles. The van der Waals surface area contributed by atoms with E-state index in [0.29, 0.717) is 44.6 Å². The van der Waals surface area contributed by atoms with Crippen molar-refractivity contribution in [1.82, 2.24) is 0 Å². The number of hydrogen-bond donors (Lipinski definition) is 2. The fraction of sp³-hybridized carbons (Fsp3) is 0.357. The molecule has 0 fully saturated rings. The van der Waals surface area contributed by atoms with Crippen LogP contribution in [0.1, 0.15) is 65.3 Å². The molecule has 7 heteroatoms. The van der Waals surface area contributed by atoms with Gasteiger partial charge in [0.1, 0.15) is 10.8 Å². The minimum absolute atomic E-state index is 0.179. The Morgan fingerprint density at radius 1 is 1.06 bits per heavy atom. The summed E-state index contributed by atoms with van der Waals surface area (Å²) in [7, 11) is 0. The fourth-order valence-corrected chi connectivity index (χ4v) is 6.29. The molecule has 1 aliphatic carbocycles. The highest BCUT2D eigenvalue weighted by molar-refractivity contribution is 9.10. The molecule has 1 aliphatic rings. The van der Waals surface area contributed by atoms with Crippen molar-refractivity contribution in [1.29, 1.82) is 0 Å². The van der Waals surface area contributed by atoms with Crippen LogP contribution in [0.15, 0.2) is 53.0 Å². The van der Waals surface area contributed by atoms with Crippen LogP contribution in [0, 0.1) is 11.3 Å². The highest BCUT2D eigenvalue weighted by atomic mass is 79.9. The number of carbonyl (C=O) groups excluding carboxylic acids is 2. The number of carbonyl (C=O) groups is 2. The van der Waals surface area contributed by atoms with E-state index in [1.807, 2.05) is 49.4 Å². The largest absolute Gasteiger partial charge is 0.492 e. The van der Waals surface area contributed by atoms with Gasteiger partial charge in [-0.15, -0.1) is 11.3 Å². The number of halogens is 1. The van der Waals surface area contributed by atoms with Gasteiger partial charge in [-0.3, -0.25) is 9.59 Å². The van der Waals surface area contributed by atoms with Gasteiger partial charge in [-0.25, -0.2) is 0 Å². The summed E-state index contributed by atoms with van der Waals surface area (Å²) < 4.78 is 6.41. The van der Waals surface area contributed by atoms with E-state index in [9.17, 15) is 9.59 Å². The number of hydrogen-bond acceptors (Lipinski definition) is 4. The van der Waals surface area contributed by atoms with Gasteiger partial charge >= 0.3 is 0 Å². The number of rotatable bonds is 6. The SMILES string of the molecule is CCOc1ccccc1NC(=O)c1c(NC(=O)c2ccccc2Br)sc2c1CCC(C(C)(C)C)C2. The van der Waals surface area contributed by atoms with Crippen molar-refractivity contribution in [2.24, 2.45) is 11.3 Å². The van der Waals surface area contributed by atoms with E-state index in [1.54, 1.807) is 6.07 Å². The summed E-state index contributed by atoms with van der Waals surface area (Å²) in [6.07, 6.45) is 2.74. The third kappa shape index (κ3) is 5.62. The number of nitrogens with one attached hydrogen (secondary N) is 2. The Kier molecular flexibility index (Phi) is 7.67. The van der Waals surface area contributed by atoms with Crippen molar-refractivity contribution in [2.45, 2.75) is 47.0 Å². The Bertz CT molecular complexity index is 1250. The summed E-state index contributed by atoms with van der Waals surface area (Å²) in [5.74, 6) is 0.674. The highest BCUT2D eigenvalue weighted by Crippen LogP contribution is 2.45. The molecule has 0 aliphatic heterocycles. The van der Waals surface area contributed by atoms with Gasteiger partial charge in [-0.1, -0.05) is 45.0 Å². The van der Waals surface area contributed by atoms with Crippen LogP contribution in [0.4, 0.5) is 10.7 Å². The summed E-state index contributed by atoms with van der Waals surface area (Å²) in [5.41, 5.74) is 2.93. The molecule has 2 N–H and O–H groups in total. The summed E-state index contributed by atoms with van der Waals surface area (Å²) in [4.78, 5) is 28.0. The number of fused-ring (bicyclic) bond motifs is 1. The number of anilines is 2. The molecule has 3 aromatic rings. The molecule has 0 spiro atoms. The third-order valence-corrected chi connectivity index (χ3v) is 8.36. The molecule has 0 saturated heterocycles. The van der Waals surface area contributed by atoms with E-state index in [0.717, 1.165) is 24.8 Å². The number of amides is 2. The van der Waals surface area contributed by atoms with Crippen molar-refractivity contribution >= 4 is 49.8 Å². The normalized spacial score (nSPS) is 15.3. The van der Waals surface area contributed by atoms with E-state index in [2.05, 4.69) is 47.3 Å². The van der Waals surface area contributed by atoms with Crippen LogP contribution < -0.4 is 15.4 Å². The molecule has 0 saturated carbocycles. The van der Waals surface area contributed by atoms with Crippen molar-refractivity contribution in [3.8, 4) is 5.75 Å². The van der Waals surface area contributed by atoms with Gasteiger partial charge in [0.05, 0.1) is 23.4 Å². The maximum Gasteiger partial charge on any atom is 0.259 e. The van der Waals surface area contributed by atoms with Crippen molar-refractivity contribution in [3.05, 3.63) is 74.6 Å². The Morgan fingerprint density at radius 3 is 2.49 bits per heavy atom. The van der Waals surface area contributed by atoms with Crippen LogP contribution in [0.25, 0.3) is 0 Å². The van der Waals surface area contributed by atoms with Gasteiger partial charge < -0.3 is 15.4 Å². The first-order valence-electron chi connectivity index (χ1n) is 11.9. The number of thiophene rings is 1. The van der Waals surface area contributed by atoms with E-state index in [4.69, 9.17) is 4.74 Å². The van der Waals surface area contributed by atoms with Crippen LogP contribution in [0.5, 0.6) is 5.75 Å². The minimum Gasteiger partial charge on any atom is -0.492 e. The molecular weight excluding hydrogens is 524 g/mol. The minimum atomic E-state index is -0.243. The zero-order valence-electron chi connectivity index (χ0n) is 20.5. The lowest BCUT2D eigenvalue weighted by Crippen LogP contribution is -2.27. The van der Waals surface area contributed by atoms with E-state index in [1.165, 1.54) is 16.2 Å². The van der Waals surface area contributed by atoms with Gasteiger partial charge in [0, 0.05) is 9.35 Å². The van der Waals surface area contributed by atoms with Crippen LogP contribution >= 0.6 is 27.3 Å². The summed E-state index contributed by atoms with van der Waals surface area (Å²) in [5, 5.41) is 6.67. The second-order valence-corrected chi connectivity index (χ2v) is 11.8. The molecule has 1 atom stereocenters. The molecule has 184 valence electrons. The average Bonchev–Trinajstić information content (AvgIpc) is 3.17. The Balaban J connectivity index is 1.71. The molecule has 2 aromatic carbocycles. The predicted octanol–water partition coefficient (Wildman–Crippen LogP) is 7.56. The lowest BCUT2D eigenvalue weighted by Gasteiger charge is -2.33. The molecule has 5 nitrogen and oxygen atoms in total. The van der Waals surface area contributed by atoms with Crippen molar-refractivity contribution in [2.75, 3.05) is 17.2 Å². The van der Waals surface area contributed by atoms with Crippen molar-refractivity contribution < 1.29 is 14.3 Å². The van der Waals surface area contributed by atoms with Crippen LogP contribution in [0.3, 0.4) is 0 Å². The summed E-state index contributed by atoms with van der Waals surface area (Å²) in [6.45, 7) is 9.22. The Hall–Kier alpha value is -2.64. The van der Waals surface area contributed by atoms with Gasteiger partial charge in [-0.05, 0) is 83.3 Å². The molecule has 35 heavy (non-hydrogen) atoms.